The SMILES string of the molecule is O=C(N(CC1CCCCN1)C1CC1)C(F)(F)C(F)(F)F. The second-order valence-corrected chi connectivity index (χ2v) is 5.41. The minimum absolute atomic E-state index is 0.0742. The third-order valence-electron chi connectivity index (χ3n) is 3.70. The fraction of sp³-hybridized carbons (Fsp3) is 0.917. The molecule has 2 fully saturated rings. The summed E-state index contributed by atoms with van der Waals surface area (Å²) in [6, 6.07) is -0.670. The molecule has 0 aromatic rings. The van der Waals surface area contributed by atoms with Crippen LogP contribution in [0, 0.1) is 0 Å². The topological polar surface area (TPSA) is 32.3 Å². The van der Waals surface area contributed by atoms with Crippen LogP contribution in [0.15, 0.2) is 0 Å². The minimum Gasteiger partial charge on any atom is -0.333 e. The quantitative estimate of drug-likeness (QED) is 0.808. The third-order valence-corrected chi connectivity index (χ3v) is 3.70. The van der Waals surface area contributed by atoms with Crippen molar-refractivity contribution in [1.29, 1.82) is 0 Å². The fourth-order valence-electron chi connectivity index (χ4n) is 2.40. The fourth-order valence-corrected chi connectivity index (χ4v) is 2.40. The van der Waals surface area contributed by atoms with E-state index in [1.54, 1.807) is 0 Å². The average Bonchev–Trinajstić information content (AvgIpc) is 3.19. The Morgan fingerprint density at radius 1 is 1.10 bits per heavy atom. The van der Waals surface area contributed by atoms with Crippen molar-refractivity contribution in [2.24, 2.45) is 0 Å². The predicted octanol–water partition coefficient (Wildman–Crippen LogP) is 2.32. The Morgan fingerprint density at radius 3 is 2.20 bits per heavy atom. The lowest BCUT2D eigenvalue weighted by molar-refractivity contribution is -0.274. The standard InChI is InChI=1S/C12H17F5N2O/c13-11(14,12(15,16)17)10(20)19(9-4-5-9)7-8-3-1-2-6-18-8/h8-9,18H,1-7H2. The summed E-state index contributed by atoms with van der Waals surface area (Å²) in [6.07, 6.45) is -2.32. The second kappa shape index (κ2) is 5.46. The molecule has 2 rings (SSSR count). The molecule has 1 aliphatic carbocycles. The van der Waals surface area contributed by atoms with Crippen molar-refractivity contribution < 1.29 is 26.7 Å². The van der Waals surface area contributed by atoms with Gasteiger partial charge in [-0.1, -0.05) is 6.42 Å². The van der Waals surface area contributed by atoms with Crippen molar-refractivity contribution in [3.05, 3.63) is 0 Å². The Kier molecular flexibility index (Phi) is 4.22. The second-order valence-electron chi connectivity index (χ2n) is 5.41. The summed E-state index contributed by atoms with van der Waals surface area (Å²) in [5, 5.41) is 3.06. The molecule has 0 bridgehead atoms. The van der Waals surface area contributed by atoms with Gasteiger partial charge in [-0.15, -0.1) is 0 Å². The van der Waals surface area contributed by atoms with Gasteiger partial charge in [-0.05, 0) is 32.2 Å². The molecule has 1 atom stereocenters. The lowest BCUT2D eigenvalue weighted by Gasteiger charge is -2.33. The molecule has 0 radical (unpaired) electrons. The molecule has 1 unspecified atom stereocenters. The van der Waals surface area contributed by atoms with Crippen LogP contribution in [0.25, 0.3) is 0 Å². The number of alkyl halides is 5. The number of carbonyl (C=O) groups excluding carboxylic acids is 1. The first kappa shape index (κ1) is 15.5. The zero-order valence-electron chi connectivity index (χ0n) is 10.8. The largest absolute Gasteiger partial charge is 0.463 e. The Hall–Kier alpha value is -0.920. The summed E-state index contributed by atoms with van der Waals surface area (Å²) in [4.78, 5) is 12.3. The first-order valence-electron chi connectivity index (χ1n) is 6.72. The van der Waals surface area contributed by atoms with Gasteiger partial charge in [0.15, 0.2) is 0 Å². The molecule has 20 heavy (non-hydrogen) atoms. The van der Waals surface area contributed by atoms with Crippen LogP contribution < -0.4 is 5.32 Å². The maximum Gasteiger partial charge on any atom is 0.463 e. The van der Waals surface area contributed by atoms with Crippen LogP contribution in [0.4, 0.5) is 22.0 Å². The van der Waals surface area contributed by atoms with E-state index < -0.39 is 24.0 Å². The highest BCUT2D eigenvalue weighted by atomic mass is 19.4. The molecular formula is C12H17F5N2O. The van der Waals surface area contributed by atoms with E-state index >= 15 is 0 Å². The van der Waals surface area contributed by atoms with Gasteiger partial charge in [0.25, 0.3) is 0 Å². The Bertz CT molecular complexity index is 361. The van der Waals surface area contributed by atoms with Crippen LogP contribution in [0.2, 0.25) is 0 Å². The van der Waals surface area contributed by atoms with E-state index in [4.69, 9.17) is 0 Å². The smallest absolute Gasteiger partial charge is 0.333 e. The van der Waals surface area contributed by atoms with Crippen molar-refractivity contribution in [2.45, 2.75) is 56.3 Å². The van der Waals surface area contributed by atoms with Crippen molar-refractivity contribution >= 4 is 5.91 Å². The van der Waals surface area contributed by atoms with E-state index in [0.29, 0.717) is 25.8 Å². The van der Waals surface area contributed by atoms with Gasteiger partial charge in [-0.3, -0.25) is 4.79 Å². The molecule has 1 aliphatic heterocycles. The van der Waals surface area contributed by atoms with Crippen molar-refractivity contribution in [3.63, 3.8) is 0 Å². The zero-order chi connectivity index (χ0) is 15.0. The summed E-state index contributed by atoms with van der Waals surface area (Å²) < 4.78 is 63.2. The monoisotopic (exact) mass is 300 g/mol. The van der Waals surface area contributed by atoms with Gasteiger partial charge in [0.05, 0.1) is 0 Å². The van der Waals surface area contributed by atoms with Gasteiger partial charge in [0.1, 0.15) is 0 Å². The van der Waals surface area contributed by atoms with E-state index in [9.17, 15) is 26.7 Å². The molecule has 0 aromatic carbocycles. The first-order valence-corrected chi connectivity index (χ1v) is 6.72. The molecule has 1 heterocycles. The minimum atomic E-state index is -5.84. The van der Waals surface area contributed by atoms with E-state index in [1.807, 2.05) is 0 Å². The van der Waals surface area contributed by atoms with Gasteiger partial charge in [0, 0.05) is 18.6 Å². The van der Waals surface area contributed by atoms with Gasteiger partial charge >= 0.3 is 18.0 Å². The molecule has 1 amide bonds. The zero-order valence-corrected chi connectivity index (χ0v) is 10.8. The summed E-state index contributed by atoms with van der Waals surface area (Å²) in [7, 11) is 0. The normalized spacial score (nSPS) is 24.6. The number of nitrogens with zero attached hydrogens (tertiary/aromatic N) is 1. The van der Waals surface area contributed by atoms with Crippen LogP contribution >= 0.6 is 0 Å². The number of amides is 1. The molecule has 1 N–H and O–H groups in total. The average molecular weight is 300 g/mol. The first-order chi connectivity index (χ1) is 9.23. The van der Waals surface area contributed by atoms with Crippen molar-refractivity contribution in [2.75, 3.05) is 13.1 Å². The molecule has 1 saturated carbocycles. The van der Waals surface area contributed by atoms with Crippen molar-refractivity contribution in [1.82, 2.24) is 10.2 Å². The highest BCUT2D eigenvalue weighted by Crippen LogP contribution is 2.39. The van der Waals surface area contributed by atoms with Gasteiger partial charge in [-0.2, -0.15) is 22.0 Å². The number of rotatable bonds is 4. The number of piperidine rings is 1. The maximum absolute atomic E-state index is 13.2. The van der Waals surface area contributed by atoms with Gasteiger partial charge < -0.3 is 10.2 Å². The molecule has 116 valence electrons. The Morgan fingerprint density at radius 2 is 1.75 bits per heavy atom. The third kappa shape index (κ3) is 3.21. The van der Waals surface area contributed by atoms with Crippen LogP contribution in [-0.2, 0) is 4.79 Å². The number of halogens is 5. The lowest BCUT2D eigenvalue weighted by Crippen LogP contribution is -2.56. The van der Waals surface area contributed by atoms with E-state index in [0.717, 1.165) is 17.7 Å². The molecule has 2 aliphatic rings. The number of hydrogen-bond acceptors (Lipinski definition) is 2. The van der Waals surface area contributed by atoms with E-state index in [2.05, 4.69) is 5.32 Å². The van der Waals surface area contributed by atoms with Gasteiger partial charge in [0.2, 0.25) is 0 Å². The van der Waals surface area contributed by atoms with Crippen molar-refractivity contribution in [3.8, 4) is 0 Å². The predicted molar refractivity (Wildman–Crippen MR) is 61.4 cm³/mol. The number of hydrogen-bond donors (Lipinski definition) is 1. The molecule has 8 heteroatoms. The Labute approximate surface area is 113 Å². The lowest BCUT2D eigenvalue weighted by atomic mass is 10.0. The van der Waals surface area contributed by atoms with E-state index in [1.165, 1.54) is 0 Å². The molecule has 3 nitrogen and oxygen atoms in total. The maximum atomic E-state index is 13.2. The van der Waals surface area contributed by atoms with Gasteiger partial charge in [-0.25, -0.2) is 0 Å². The van der Waals surface area contributed by atoms with Crippen LogP contribution in [0.3, 0.4) is 0 Å². The summed E-state index contributed by atoms with van der Waals surface area (Å²) in [5.74, 6) is -7.41. The van der Waals surface area contributed by atoms with Crippen LogP contribution in [-0.4, -0.2) is 48.1 Å². The van der Waals surface area contributed by atoms with E-state index in [-0.39, 0.29) is 12.6 Å². The Balaban J connectivity index is 2.06. The summed E-state index contributed by atoms with van der Waals surface area (Å²) >= 11 is 0. The summed E-state index contributed by atoms with van der Waals surface area (Å²) in [6.45, 7) is 0.627. The molecule has 1 saturated heterocycles. The highest BCUT2D eigenvalue weighted by molar-refractivity contribution is 5.85. The molecule has 0 spiro atoms. The van der Waals surface area contributed by atoms with Crippen LogP contribution in [0.1, 0.15) is 32.1 Å². The number of carbonyl (C=O) groups is 1. The molecular weight excluding hydrogens is 283 g/mol. The summed E-state index contributed by atoms with van der Waals surface area (Å²) in [5.41, 5.74) is 0. The molecule has 0 aromatic heterocycles. The van der Waals surface area contributed by atoms with Crippen LogP contribution in [0.5, 0.6) is 0 Å². The highest BCUT2D eigenvalue weighted by Gasteiger charge is 2.65. The number of nitrogens with one attached hydrogen (secondary N) is 1.